The van der Waals surface area contributed by atoms with E-state index >= 15 is 0 Å². The summed E-state index contributed by atoms with van der Waals surface area (Å²) in [5, 5.41) is 6.48. The van der Waals surface area contributed by atoms with Crippen molar-refractivity contribution in [2.75, 3.05) is 7.05 Å². The molecule has 2 aromatic heterocycles. The Morgan fingerprint density at radius 3 is 2.46 bits per heavy atom. The zero-order valence-electron chi connectivity index (χ0n) is 20.9. The first-order valence-electron chi connectivity index (χ1n) is 12.8. The first-order chi connectivity index (χ1) is 17.9. The molecule has 0 aliphatic heterocycles. The topological polar surface area (TPSA) is 84.2 Å². The number of nitrogens with zero attached hydrogens (tertiary/aromatic N) is 1. The van der Waals surface area contributed by atoms with E-state index in [2.05, 4.69) is 17.6 Å². The molecule has 0 saturated heterocycles. The summed E-state index contributed by atoms with van der Waals surface area (Å²) in [6.07, 6.45) is 4.81. The van der Waals surface area contributed by atoms with Crippen LogP contribution in [0.5, 0.6) is 0 Å². The van der Waals surface area contributed by atoms with E-state index in [1.807, 2.05) is 30.3 Å². The maximum atomic E-state index is 13.6. The largest absolute Gasteiger partial charge is 0.437 e. The summed E-state index contributed by atoms with van der Waals surface area (Å²) in [5.41, 5.74) is 4.43. The molecule has 7 rings (SSSR count). The van der Waals surface area contributed by atoms with Crippen LogP contribution in [0.1, 0.15) is 59.0 Å². The van der Waals surface area contributed by atoms with Crippen molar-refractivity contribution in [3.8, 4) is 22.5 Å². The van der Waals surface area contributed by atoms with Gasteiger partial charge in [-0.2, -0.15) is 0 Å². The number of halogens is 1. The fraction of sp³-hybridized carbons (Fsp3) is 0.300. The van der Waals surface area contributed by atoms with Gasteiger partial charge in [0.15, 0.2) is 0 Å². The van der Waals surface area contributed by atoms with E-state index < -0.39 is 0 Å². The van der Waals surface area contributed by atoms with E-state index in [1.54, 1.807) is 19.2 Å². The number of amides is 2. The zero-order valence-corrected chi connectivity index (χ0v) is 20.9. The minimum Gasteiger partial charge on any atom is -0.437 e. The van der Waals surface area contributed by atoms with Crippen LogP contribution in [-0.4, -0.2) is 29.4 Å². The number of hydrogen-bond acceptors (Lipinski definition) is 4. The number of fused-ring (bicyclic) bond motifs is 1. The second-order valence-corrected chi connectivity index (χ2v) is 10.3. The fourth-order valence-corrected chi connectivity index (χ4v) is 5.66. The van der Waals surface area contributed by atoms with Gasteiger partial charge >= 0.3 is 0 Å². The highest BCUT2D eigenvalue weighted by Crippen LogP contribution is 2.57. The minimum absolute atomic E-state index is 0.00154. The zero-order chi connectivity index (χ0) is 25.7. The lowest BCUT2D eigenvalue weighted by Gasteiger charge is -2.61. The molecule has 3 aliphatic carbocycles. The molecule has 2 heterocycles. The van der Waals surface area contributed by atoms with Gasteiger partial charge in [-0.3, -0.25) is 9.59 Å². The van der Waals surface area contributed by atoms with Crippen molar-refractivity contribution in [3.63, 3.8) is 0 Å². The average molecular weight is 498 g/mol. The Bertz CT molecular complexity index is 1520. The molecule has 6 nitrogen and oxygen atoms in total. The molecule has 7 heteroatoms. The van der Waals surface area contributed by atoms with E-state index in [0.29, 0.717) is 40.0 Å². The molecule has 0 atom stereocenters. The lowest BCUT2D eigenvalue weighted by molar-refractivity contribution is -0.0438. The van der Waals surface area contributed by atoms with Crippen LogP contribution in [0, 0.1) is 11.7 Å². The first kappa shape index (κ1) is 23.4. The summed E-state index contributed by atoms with van der Waals surface area (Å²) in [7, 11) is 1.56. The molecule has 2 aromatic carbocycles. The normalized spacial score (nSPS) is 19.7. The van der Waals surface area contributed by atoms with Gasteiger partial charge in [0.1, 0.15) is 11.6 Å². The molecule has 3 aliphatic rings. The number of aromatic nitrogens is 1. The monoisotopic (exact) mass is 497 g/mol. The fourth-order valence-electron chi connectivity index (χ4n) is 5.66. The maximum Gasteiger partial charge on any atom is 0.255 e. The number of rotatable bonds is 7. The Balaban J connectivity index is 1.46. The van der Waals surface area contributed by atoms with Gasteiger partial charge < -0.3 is 15.1 Å². The average Bonchev–Trinajstić information content (AvgIpc) is 3.23. The van der Waals surface area contributed by atoms with Crippen molar-refractivity contribution < 1.29 is 18.4 Å². The summed E-state index contributed by atoms with van der Waals surface area (Å²) in [6, 6.07) is 15.3. The number of carbonyl (C=O) groups excluding carboxylic acids is 2. The number of aryl methyl sites for hydroxylation is 1. The summed E-state index contributed by atoms with van der Waals surface area (Å²) in [5.74, 6) is 0.378. The van der Waals surface area contributed by atoms with Gasteiger partial charge in [0, 0.05) is 29.3 Å². The molecular formula is C30H28FN3O3. The molecule has 4 aromatic rings. The predicted octanol–water partition coefficient (Wildman–Crippen LogP) is 5.90. The van der Waals surface area contributed by atoms with Gasteiger partial charge in [0.25, 0.3) is 11.8 Å². The Kier molecular flexibility index (Phi) is 5.59. The highest BCUT2D eigenvalue weighted by Gasteiger charge is 2.57. The number of carbonyl (C=O) groups is 2. The number of nitrogens with one attached hydrogen (secondary N) is 2. The van der Waals surface area contributed by atoms with Crippen molar-refractivity contribution in [3.05, 3.63) is 77.2 Å². The van der Waals surface area contributed by atoms with Crippen molar-refractivity contribution in [1.29, 1.82) is 0 Å². The van der Waals surface area contributed by atoms with Crippen LogP contribution < -0.4 is 10.6 Å². The maximum absolute atomic E-state index is 13.6. The van der Waals surface area contributed by atoms with E-state index in [4.69, 9.17) is 9.40 Å². The van der Waals surface area contributed by atoms with Gasteiger partial charge in [-0.15, -0.1) is 0 Å². The minimum atomic E-state index is -0.370. The Morgan fingerprint density at radius 1 is 1.05 bits per heavy atom. The molecule has 37 heavy (non-hydrogen) atoms. The molecule has 2 bridgehead atoms. The molecule has 2 N–H and O–H groups in total. The highest BCUT2D eigenvalue weighted by molar-refractivity contribution is 6.11. The lowest BCUT2D eigenvalue weighted by atomic mass is 9.50. The van der Waals surface area contributed by atoms with Crippen LogP contribution in [0.4, 0.5) is 4.39 Å². The third-order valence-corrected chi connectivity index (χ3v) is 7.66. The molecule has 0 radical (unpaired) electrons. The van der Waals surface area contributed by atoms with Crippen LogP contribution in [0.15, 0.2) is 59.0 Å². The number of pyridine rings is 1. The van der Waals surface area contributed by atoms with Gasteiger partial charge in [-0.05, 0) is 79.6 Å². The van der Waals surface area contributed by atoms with Crippen molar-refractivity contribution in [2.45, 2.75) is 44.6 Å². The van der Waals surface area contributed by atoms with E-state index in [-0.39, 0.29) is 23.2 Å². The van der Waals surface area contributed by atoms with E-state index in [0.717, 1.165) is 48.4 Å². The molecular weight excluding hydrogens is 469 g/mol. The highest BCUT2D eigenvalue weighted by atomic mass is 19.1. The molecule has 2 amide bonds. The first-order valence-corrected chi connectivity index (χ1v) is 12.8. The molecule has 0 unspecified atom stereocenters. The third kappa shape index (κ3) is 3.99. The number of benzene rings is 2. The number of hydrogen-bond donors (Lipinski definition) is 2. The molecule has 0 spiro atoms. The van der Waals surface area contributed by atoms with Crippen LogP contribution >= 0.6 is 0 Å². The van der Waals surface area contributed by atoms with E-state index in [9.17, 15) is 14.0 Å². The second-order valence-electron chi connectivity index (χ2n) is 10.3. The summed E-state index contributed by atoms with van der Waals surface area (Å²) >= 11 is 0. The lowest BCUT2D eigenvalue weighted by Crippen LogP contribution is -2.68. The van der Waals surface area contributed by atoms with Crippen molar-refractivity contribution in [1.82, 2.24) is 15.6 Å². The van der Waals surface area contributed by atoms with Gasteiger partial charge in [-0.1, -0.05) is 25.5 Å². The quantitative estimate of drug-likeness (QED) is 0.333. The van der Waals surface area contributed by atoms with Gasteiger partial charge in [0.2, 0.25) is 5.71 Å². The summed E-state index contributed by atoms with van der Waals surface area (Å²) < 4.78 is 19.7. The van der Waals surface area contributed by atoms with Gasteiger partial charge in [0.05, 0.1) is 16.6 Å². The Hall–Kier alpha value is -4.00. The number of furan rings is 1. The third-order valence-electron chi connectivity index (χ3n) is 7.66. The molecule has 3 saturated carbocycles. The van der Waals surface area contributed by atoms with Crippen LogP contribution in [-0.2, 0) is 6.42 Å². The Morgan fingerprint density at radius 2 is 1.81 bits per heavy atom. The SMILES string of the molecule is CCCc1nc2oc(-c3ccc(F)cc3)c(C(=O)NC)c2cc1-c1cccc(C(=O)NC23CC(C2)C3)c1. The smallest absolute Gasteiger partial charge is 0.255 e. The van der Waals surface area contributed by atoms with E-state index in [1.165, 1.54) is 12.1 Å². The van der Waals surface area contributed by atoms with Crippen LogP contribution in [0.3, 0.4) is 0 Å². The van der Waals surface area contributed by atoms with Crippen LogP contribution in [0.25, 0.3) is 33.6 Å². The second kappa shape index (κ2) is 8.83. The predicted molar refractivity (Wildman–Crippen MR) is 140 cm³/mol. The van der Waals surface area contributed by atoms with Crippen molar-refractivity contribution >= 4 is 22.9 Å². The standard InChI is InChI=1S/C30H28FN3O3/c1-3-5-24-22(19-6-4-7-20(12-19)27(35)34-30-14-17(15-30)16-30)13-23-25(28(36)32-2)26(37-29(23)33-24)18-8-10-21(31)11-9-18/h4,6-13,17H,3,5,14-16H2,1-2H3,(H,32,36)(H,34,35). The van der Waals surface area contributed by atoms with Crippen molar-refractivity contribution in [2.24, 2.45) is 5.92 Å². The summed E-state index contributed by atoms with van der Waals surface area (Å²) in [6.45, 7) is 2.07. The molecule has 3 fully saturated rings. The molecule has 188 valence electrons. The summed E-state index contributed by atoms with van der Waals surface area (Å²) in [4.78, 5) is 30.8. The Labute approximate surface area is 214 Å². The van der Waals surface area contributed by atoms with Crippen LogP contribution in [0.2, 0.25) is 0 Å². The van der Waals surface area contributed by atoms with Gasteiger partial charge in [-0.25, -0.2) is 9.37 Å².